The fourth-order valence-corrected chi connectivity index (χ4v) is 5.84. The van der Waals surface area contributed by atoms with E-state index in [0.29, 0.717) is 12.3 Å². The van der Waals surface area contributed by atoms with Crippen LogP contribution in [0.15, 0.2) is 69.9 Å². The molecule has 0 spiro atoms. The van der Waals surface area contributed by atoms with Gasteiger partial charge in [-0.2, -0.15) is 0 Å². The maximum absolute atomic E-state index is 13.3. The summed E-state index contributed by atoms with van der Waals surface area (Å²) in [6.07, 6.45) is 0. The first-order valence-corrected chi connectivity index (χ1v) is 12.5. The lowest BCUT2D eigenvalue weighted by Gasteiger charge is -2.15. The Bertz CT molecular complexity index is 1470. The third-order valence-corrected chi connectivity index (χ3v) is 7.74. The van der Waals surface area contributed by atoms with Gasteiger partial charge in [-0.3, -0.25) is 13.8 Å². The van der Waals surface area contributed by atoms with Crippen molar-refractivity contribution in [2.24, 2.45) is 0 Å². The molecule has 1 atom stereocenters. The quantitative estimate of drug-likeness (QED) is 0.300. The standard InChI is InChI=1S/C25H24N4OS2/c1-16-9-10-17(2)20(13-16)15-32-25-27-26-24-28(14-18(3)19-7-5-4-6-8-19)23(30)22-21(29(24)25)11-12-31-22/h4-13,18H,14-15H2,1-3H3. The summed E-state index contributed by atoms with van der Waals surface area (Å²) in [6, 6.07) is 18.8. The Hall–Kier alpha value is -2.90. The summed E-state index contributed by atoms with van der Waals surface area (Å²) < 4.78 is 4.57. The van der Waals surface area contributed by atoms with E-state index < -0.39 is 0 Å². The third kappa shape index (κ3) is 3.76. The minimum atomic E-state index is 0.00348. The van der Waals surface area contributed by atoms with Crippen molar-refractivity contribution >= 4 is 39.1 Å². The molecular formula is C25H24N4OS2. The summed E-state index contributed by atoms with van der Waals surface area (Å²) in [7, 11) is 0. The molecule has 0 N–H and O–H groups in total. The lowest BCUT2D eigenvalue weighted by atomic mass is 10.0. The number of fused-ring (bicyclic) bond motifs is 3. The normalized spacial score (nSPS) is 12.6. The van der Waals surface area contributed by atoms with Crippen molar-refractivity contribution in [2.75, 3.05) is 0 Å². The van der Waals surface area contributed by atoms with E-state index in [9.17, 15) is 4.79 Å². The predicted molar refractivity (Wildman–Crippen MR) is 133 cm³/mol. The molecular weight excluding hydrogens is 436 g/mol. The smallest absolute Gasteiger partial charge is 0.272 e. The Morgan fingerprint density at radius 2 is 1.88 bits per heavy atom. The van der Waals surface area contributed by atoms with Crippen molar-refractivity contribution < 1.29 is 0 Å². The van der Waals surface area contributed by atoms with Crippen LogP contribution in [0.4, 0.5) is 0 Å². The fourth-order valence-electron chi connectivity index (χ4n) is 4.02. The van der Waals surface area contributed by atoms with E-state index in [1.165, 1.54) is 33.6 Å². The first-order chi connectivity index (χ1) is 15.5. The molecule has 0 saturated heterocycles. The maximum Gasteiger partial charge on any atom is 0.272 e. The third-order valence-electron chi connectivity index (χ3n) is 5.87. The molecule has 5 rings (SSSR count). The fraction of sp³-hybridized carbons (Fsp3) is 0.240. The second-order valence-electron chi connectivity index (χ2n) is 8.20. The molecule has 0 fully saturated rings. The molecule has 0 amide bonds. The Balaban J connectivity index is 1.57. The van der Waals surface area contributed by atoms with E-state index in [2.05, 4.69) is 61.3 Å². The number of hydrogen-bond donors (Lipinski definition) is 0. The highest BCUT2D eigenvalue weighted by molar-refractivity contribution is 7.98. The van der Waals surface area contributed by atoms with Gasteiger partial charge < -0.3 is 0 Å². The minimum Gasteiger partial charge on any atom is -0.275 e. The number of thioether (sulfide) groups is 1. The average Bonchev–Trinajstić information content (AvgIpc) is 3.45. The van der Waals surface area contributed by atoms with E-state index in [0.717, 1.165) is 21.1 Å². The molecule has 0 radical (unpaired) electrons. The van der Waals surface area contributed by atoms with E-state index in [4.69, 9.17) is 0 Å². The molecule has 3 heterocycles. The molecule has 5 aromatic rings. The Kier molecular flexibility index (Phi) is 5.61. The van der Waals surface area contributed by atoms with Crippen LogP contribution in [0.3, 0.4) is 0 Å². The molecule has 162 valence electrons. The number of hydrogen-bond acceptors (Lipinski definition) is 5. The highest BCUT2D eigenvalue weighted by Gasteiger charge is 2.19. The zero-order valence-electron chi connectivity index (χ0n) is 18.3. The Morgan fingerprint density at radius 3 is 2.69 bits per heavy atom. The molecule has 0 aliphatic carbocycles. The van der Waals surface area contributed by atoms with Gasteiger partial charge in [0.2, 0.25) is 5.78 Å². The first-order valence-electron chi connectivity index (χ1n) is 10.6. The summed E-state index contributed by atoms with van der Waals surface area (Å²) in [5, 5.41) is 11.7. The van der Waals surface area contributed by atoms with Crippen molar-refractivity contribution in [2.45, 2.75) is 44.1 Å². The van der Waals surface area contributed by atoms with E-state index in [1.807, 2.05) is 34.0 Å². The van der Waals surface area contributed by atoms with Gasteiger partial charge in [-0.25, -0.2) is 0 Å². The van der Waals surface area contributed by atoms with Gasteiger partial charge in [-0.05, 0) is 47.9 Å². The van der Waals surface area contributed by atoms with Gasteiger partial charge in [0.25, 0.3) is 5.56 Å². The molecule has 7 heteroatoms. The van der Waals surface area contributed by atoms with Crippen molar-refractivity contribution in [3.63, 3.8) is 0 Å². The Labute approximate surface area is 194 Å². The zero-order valence-corrected chi connectivity index (χ0v) is 19.9. The number of benzene rings is 2. The van der Waals surface area contributed by atoms with E-state index in [-0.39, 0.29) is 11.5 Å². The minimum absolute atomic E-state index is 0.00348. The van der Waals surface area contributed by atoms with Crippen LogP contribution in [0.25, 0.3) is 16.0 Å². The van der Waals surface area contributed by atoms with Crippen LogP contribution in [-0.2, 0) is 12.3 Å². The molecule has 32 heavy (non-hydrogen) atoms. The number of nitrogens with zero attached hydrogens (tertiary/aromatic N) is 4. The second kappa shape index (κ2) is 8.56. The zero-order chi connectivity index (χ0) is 22.2. The van der Waals surface area contributed by atoms with Crippen LogP contribution in [0, 0.1) is 13.8 Å². The van der Waals surface area contributed by atoms with Crippen molar-refractivity contribution in [1.82, 2.24) is 19.2 Å². The monoisotopic (exact) mass is 460 g/mol. The molecule has 0 bridgehead atoms. The first kappa shape index (κ1) is 21.0. The number of aromatic nitrogens is 4. The van der Waals surface area contributed by atoms with Crippen molar-refractivity contribution in [3.8, 4) is 0 Å². The Morgan fingerprint density at radius 1 is 1.06 bits per heavy atom. The summed E-state index contributed by atoms with van der Waals surface area (Å²) >= 11 is 3.14. The van der Waals surface area contributed by atoms with Crippen LogP contribution in [-0.4, -0.2) is 19.2 Å². The topological polar surface area (TPSA) is 52.2 Å². The summed E-state index contributed by atoms with van der Waals surface area (Å²) in [4.78, 5) is 13.3. The van der Waals surface area contributed by atoms with E-state index >= 15 is 0 Å². The SMILES string of the molecule is Cc1ccc(C)c(CSc2nnc3n(CC(C)c4ccccc4)c(=O)c4sccc4n23)c1. The largest absolute Gasteiger partial charge is 0.275 e. The van der Waals surface area contributed by atoms with E-state index in [1.54, 1.807) is 16.3 Å². The van der Waals surface area contributed by atoms with Gasteiger partial charge in [0.05, 0.1) is 5.52 Å². The molecule has 0 saturated carbocycles. The second-order valence-corrected chi connectivity index (χ2v) is 10.1. The van der Waals surface area contributed by atoms with Crippen LogP contribution in [0.2, 0.25) is 0 Å². The molecule has 3 aromatic heterocycles. The maximum atomic E-state index is 13.3. The molecule has 1 unspecified atom stereocenters. The molecule has 5 nitrogen and oxygen atoms in total. The van der Waals surface area contributed by atoms with Crippen molar-refractivity contribution in [1.29, 1.82) is 0 Å². The average molecular weight is 461 g/mol. The predicted octanol–water partition coefficient (Wildman–Crippen LogP) is 5.82. The lowest BCUT2D eigenvalue weighted by Crippen LogP contribution is -2.24. The summed E-state index contributed by atoms with van der Waals surface area (Å²) in [5.74, 6) is 1.59. The number of rotatable bonds is 6. The highest BCUT2D eigenvalue weighted by Crippen LogP contribution is 2.28. The van der Waals surface area contributed by atoms with Crippen LogP contribution < -0.4 is 5.56 Å². The van der Waals surface area contributed by atoms with Crippen LogP contribution >= 0.6 is 23.1 Å². The van der Waals surface area contributed by atoms with Gasteiger partial charge in [-0.1, -0.05) is 72.8 Å². The number of thiophene rings is 1. The molecule has 0 aliphatic heterocycles. The van der Waals surface area contributed by atoms with Crippen LogP contribution in [0.1, 0.15) is 35.1 Å². The van der Waals surface area contributed by atoms with Crippen molar-refractivity contribution in [3.05, 3.63) is 92.6 Å². The highest BCUT2D eigenvalue weighted by atomic mass is 32.2. The van der Waals surface area contributed by atoms with Gasteiger partial charge in [0, 0.05) is 12.3 Å². The van der Waals surface area contributed by atoms with Crippen LogP contribution in [0.5, 0.6) is 0 Å². The summed E-state index contributed by atoms with van der Waals surface area (Å²) in [6.45, 7) is 6.95. The number of aryl methyl sites for hydroxylation is 2. The molecule has 0 aliphatic rings. The summed E-state index contributed by atoms with van der Waals surface area (Å²) in [5.41, 5.74) is 5.90. The van der Waals surface area contributed by atoms with Gasteiger partial charge in [0.1, 0.15) is 4.70 Å². The van der Waals surface area contributed by atoms with Gasteiger partial charge in [-0.15, -0.1) is 21.5 Å². The molecule has 2 aromatic carbocycles. The van der Waals surface area contributed by atoms with Gasteiger partial charge >= 0.3 is 0 Å². The lowest BCUT2D eigenvalue weighted by molar-refractivity contribution is 0.588. The van der Waals surface area contributed by atoms with Gasteiger partial charge in [0.15, 0.2) is 5.16 Å².